The van der Waals surface area contributed by atoms with Crippen molar-refractivity contribution in [3.05, 3.63) is 45.0 Å². The van der Waals surface area contributed by atoms with Gasteiger partial charge in [-0.3, -0.25) is 14.9 Å². The molecule has 0 saturated heterocycles. The number of hydrogen-bond acceptors (Lipinski definition) is 5. The van der Waals surface area contributed by atoms with Gasteiger partial charge in [0.05, 0.1) is 23.7 Å². The average molecular weight is 252 g/mol. The molecule has 1 rings (SSSR count). The minimum Gasteiger partial charge on any atom is -0.392 e. The van der Waals surface area contributed by atoms with Crippen molar-refractivity contribution in [2.24, 2.45) is 5.73 Å². The number of aliphatic hydroxyl groups excluding tert-OH is 2. The monoisotopic (exact) mass is 252 g/mol. The largest absolute Gasteiger partial charge is 0.392 e. The van der Waals surface area contributed by atoms with Gasteiger partial charge in [-0.15, -0.1) is 0 Å². The van der Waals surface area contributed by atoms with Crippen LogP contribution in [0.25, 0.3) is 6.08 Å². The maximum atomic E-state index is 10.8. The van der Waals surface area contributed by atoms with Gasteiger partial charge in [0, 0.05) is 12.1 Å². The molecule has 1 amide bonds. The molecule has 0 atom stereocenters. The molecule has 0 radical (unpaired) electrons. The minimum atomic E-state index is -0.735. The number of nitro benzene ring substituents is 1. The predicted molar refractivity (Wildman–Crippen MR) is 63.2 cm³/mol. The molecule has 4 N–H and O–H groups in total. The van der Waals surface area contributed by atoms with E-state index in [0.717, 1.165) is 12.1 Å². The van der Waals surface area contributed by atoms with Crippen LogP contribution in [0.2, 0.25) is 0 Å². The zero-order chi connectivity index (χ0) is 13.7. The van der Waals surface area contributed by atoms with Gasteiger partial charge in [0.25, 0.3) is 5.69 Å². The Labute approximate surface area is 102 Å². The number of primary amides is 1. The van der Waals surface area contributed by atoms with Crippen LogP contribution in [0.5, 0.6) is 0 Å². The summed E-state index contributed by atoms with van der Waals surface area (Å²) in [6.07, 6.45) is 2.18. The zero-order valence-corrected chi connectivity index (χ0v) is 9.37. The van der Waals surface area contributed by atoms with Gasteiger partial charge in [-0.2, -0.15) is 0 Å². The van der Waals surface area contributed by atoms with Gasteiger partial charge in [0.1, 0.15) is 0 Å². The van der Waals surface area contributed by atoms with E-state index < -0.39 is 17.4 Å². The van der Waals surface area contributed by atoms with Crippen LogP contribution in [-0.4, -0.2) is 21.0 Å². The molecule has 7 nitrogen and oxygen atoms in total. The number of amides is 1. The molecule has 0 unspecified atom stereocenters. The lowest BCUT2D eigenvalue weighted by molar-refractivity contribution is -0.385. The molecule has 0 fully saturated rings. The Morgan fingerprint density at radius 3 is 2.33 bits per heavy atom. The second-order valence-corrected chi connectivity index (χ2v) is 3.49. The topological polar surface area (TPSA) is 127 Å². The van der Waals surface area contributed by atoms with E-state index in [2.05, 4.69) is 0 Å². The predicted octanol–water partition coefficient (Wildman–Crippen LogP) is 0.0779. The number of nitro groups is 1. The van der Waals surface area contributed by atoms with Crippen LogP contribution in [0.15, 0.2) is 18.2 Å². The van der Waals surface area contributed by atoms with Crippen LogP contribution in [0, 0.1) is 10.1 Å². The highest BCUT2D eigenvalue weighted by Gasteiger charge is 2.15. The van der Waals surface area contributed by atoms with Crippen molar-refractivity contribution in [1.82, 2.24) is 0 Å². The Kier molecular flexibility index (Phi) is 4.52. The number of benzene rings is 1. The van der Waals surface area contributed by atoms with Gasteiger partial charge in [-0.1, -0.05) is 0 Å². The summed E-state index contributed by atoms with van der Waals surface area (Å²) in [5.74, 6) is -0.735. The Morgan fingerprint density at radius 2 is 1.89 bits per heavy atom. The summed E-state index contributed by atoms with van der Waals surface area (Å²) >= 11 is 0. The molecule has 7 heteroatoms. The zero-order valence-electron chi connectivity index (χ0n) is 9.37. The van der Waals surface area contributed by atoms with Crippen molar-refractivity contribution >= 4 is 17.7 Å². The van der Waals surface area contributed by atoms with E-state index in [1.807, 2.05) is 0 Å². The Balaban J connectivity index is 3.37. The first-order valence-corrected chi connectivity index (χ1v) is 4.99. The summed E-state index contributed by atoms with van der Waals surface area (Å²) in [7, 11) is 0. The van der Waals surface area contributed by atoms with Gasteiger partial charge >= 0.3 is 0 Å². The quantitative estimate of drug-likeness (QED) is 0.388. The first kappa shape index (κ1) is 13.8. The van der Waals surface area contributed by atoms with Crippen LogP contribution < -0.4 is 5.73 Å². The second-order valence-electron chi connectivity index (χ2n) is 3.49. The number of carbonyl (C=O) groups is 1. The highest BCUT2D eigenvalue weighted by atomic mass is 16.6. The Bertz CT molecular complexity index is 510. The highest BCUT2D eigenvalue weighted by Crippen LogP contribution is 2.25. The maximum absolute atomic E-state index is 10.8. The number of carbonyl (C=O) groups excluding carboxylic acids is 1. The molecule has 1 aromatic carbocycles. The lowest BCUT2D eigenvalue weighted by atomic mass is 10.0. The Morgan fingerprint density at radius 1 is 1.33 bits per heavy atom. The van der Waals surface area contributed by atoms with E-state index in [0.29, 0.717) is 5.56 Å². The molecule has 0 heterocycles. The van der Waals surface area contributed by atoms with Crippen molar-refractivity contribution in [2.45, 2.75) is 13.2 Å². The molecule has 0 saturated carbocycles. The van der Waals surface area contributed by atoms with Crippen LogP contribution in [0.4, 0.5) is 5.69 Å². The molecule has 0 aromatic heterocycles. The third-order valence-corrected chi connectivity index (χ3v) is 2.31. The summed E-state index contributed by atoms with van der Waals surface area (Å²) in [6, 6.07) is 2.50. The summed E-state index contributed by atoms with van der Waals surface area (Å²) in [5, 5.41) is 29.0. The van der Waals surface area contributed by atoms with Crippen LogP contribution in [0.3, 0.4) is 0 Å². The molecule has 0 spiro atoms. The van der Waals surface area contributed by atoms with E-state index >= 15 is 0 Å². The molecule has 1 aromatic rings. The fourth-order valence-electron chi connectivity index (χ4n) is 1.45. The maximum Gasteiger partial charge on any atom is 0.276 e. The normalized spacial score (nSPS) is 10.8. The summed E-state index contributed by atoms with van der Waals surface area (Å²) in [6.45, 7) is -0.790. The van der Waals surface area contributed by atoms with E-state index in [9.17, 15) is 14.9 Å². The van der Waals surface area contributed by atoms with Crippen LogP contribution in [0.1, 0.15) is 16.7 Å². The first-order valence-electron chi connectivity index (χ1n) is 4.99. The fourth-order valence-corrected chi connectivity index (χ4v) is 1.45. The van der Waals surface area contributed by atoms with Gasteiger partial charge < -0.3 is 15.9 Å². The van der Waals surface area contributed by atoms with E-state index in [1.54, 1.807) is 0 Å². The van der Waals surface area contributed by atoms with Gasteiger partial charge in [0.15, 0.2) is 0 Å². The molecular formula is C11H12N2O5. The molecule has 0 aliphatic carbocycles. The van der Waals surface area contributed by atoms with Gasteiger partial charge in [-0.25, -0.2) is 0 Å². The van der Waals surface area contributed by atoms with Crippen molar-refractivity contribution < 1.29 is 19.9 Å². The van der Waals surface area contributed by atoms with E-state index in [-0.39, 0.29) is 23.4 Å². The van der Waals surface area contributed by atoms with E-state index in [1.165, 1.54) is 12.1 Å². The summed E-state index contributed by atoms with van der Waals surface area (Å²) in [5.41, 5.74) is 5.40. The molecule has 0 aliphatic heterocycles. The number of rotatable bonds is 5. The molecule has 96 valence electrons. The molecule has 0 aliphatic rings. The smallest absolute Gasteiger partial charge is 0.276 e. The van der Waals surface area contributed by atoms with Crippen molar-refractivity contribution in [3.63, 3.8) is 0 Å². The van der Waals surface area contributed by atoms with Crippen molar-refractivity contribution in [1.29, 1.82) is 0 Å². The number of nitrogens with two attached hydrogens (primary N) is 1. The molecule has 18 heavy (non-hydrogen) atoms. The lowest BCUT2D eigenvalue weighted by Crippen LogP contribution is -2.05. The highest BCUT2D eigenvalue weighted by molar-refractivity contribution is 5.91. The fraction of sp³-hybridized carbons (Fsp3) is 0.182. The summed E-state index contributed by atoms with van der Waals surface area (Å²) < 4.78 is 0. The van der Waals surface area contributed by atoms with Crippen molar-refractivity contribution in [3.8, 4) is 0 Å². The van der Waals surface area contributed by atoms with Crippen LogP contribution in [-0.2, 0) is 18.0 Å². The summed E-state index contributed by atoms with van der Waals surface area (Å²) in [4.78, 5) is 20.8. The van der Waals surface area contributed by atoms with Gasteiger partial charge in [0.2, 0.25) is 5.91 Å². The van der Waals surface area contributed by atoms with Crippen LogP contribution >= 0.6 is 0 Å². The van der Waals surface area contributed by atoms with E-state index in [4.69, 9.17) is 15.9 Å². The molecular weight excluding hydrogens is 240 g/mol. The average Bonchev–Trinajstić information content (AvgIpc) is 2.34. The third-order valence-electron chi connectivity index (χ3n) is 2.31. The van der Waals surface area contributed by atoms with Crippen molar-refractivity contribution in [2.75, 3.05) is 0 Å². The number of aliphatic hydroxyl groups is 2. The minimum absolute atomic E-state index is 0.139. The second kappa shape index (κ2) is 5.89. The number of hydrogen-bond donors (Lipinski definition) is 3. The molecule has 0 bridgehead atoms. The Hall–Kier alpha value is -2.25. The third kappa shape index (κ3) is 3.12. The van der Waals surface area contributed by atoms with Gasteiger partial charge in [-0.05, 0) is 23.3 Å². The standard InChI is InChI=1S/C11H12N2O5/c12-11(16)2-1-7-3-8(5-14)9(6-15)4-10(7)13(17)18/h1-4,14-15H,5-6H2,(H2,12,16)/b2-1+. The number of nitrogens with zero attached hydrogens (tertiary/aromatic N) is 1. The lowest BCUT2D eigenvalue weighted by Gasteiger charge is -2.06. The first-order chi connectivity index (χ1) is 8.49. The SMILES string of the molecule is NC(=O)/C=C/c1cc(CO)c(CO)cc1[N+](=O)[O-].